The Morgan fingerprint density at radius 2 is 2.15 bits per heavy atom. The van der Waals surface area contributed by atoms with Crippen molar-refractivity contribution < 1.29 is 24.5 Å². The van der Waals surface area contributed by atoms with Gasteiger partial charge in [-0.3, -0.25) is 4.79 Å². The Labute approximate surface area is 75.5 Å². The number of aliphatic carboxylic acids is 1. The molecule has 76 valence electrons. The van der Waals surface area contributed by atoms with Crippen LogP contribution in [0.3, 0.4) is 0 Å². The molecule has 13 heavy (non-hydrogen) atoms. The molecule has 0 bridgehead atoms. The van der Waals surface area contributed by atoms with Crippen molar-refractivity contribution in [3.8, 4) is 0 Å². The zero-order chi connectivity index (χ0) is 10.3. The molecule has 0 spiro atoms. The lowest BCUT2D eigenvalue weighted by atomic mass is 10.2. The third kappa shape index (κ3) is 6.06. The van der Waals surface area contributed by atoms with E-state index in [2.05, 4.69) is 10.1 Å². The van der Waals surface area contributed by atoms with E-state index in [4.69, 9.17) is 10.2 Å². The molecule has 0 fully saturated rings. The molecule has 0 saturated carbocycles. The zero-order valence-electron chi connectivity index (χ0n) is 7.32. The number of aliphatic hydroxyl groups excluding tert-OH is 1. The Hall–Kier alpha value is -1.14. The van der Waals surface area contributed by atoms with Gasteiger partial charge in [0, 0.05) is 20.1 Å². The topological polar surface area (TPSA) is 95.9 Å². The third-order valence-corrected chi connectivity index (χ3v) is 1.30. The minimum Gasteiger partial charge on any atom is -0.479 e. The molecule has 0 aromatic carbocycles. The van der Waals surface area contributed by atoms with Gasteiger partial charge in [-0.1, -0.05) is 0 Å². The van der Waals surface area contributed by atoms with Crippen LogP contribution >= 0.6 is 0 Å². The molecular formula is C7H13NO5. The van der Waals surface area contributed by atoms with Crippen molar-refractivity contribution in [2.45, 2.75) is 12.5 Å². The first kappa shape index (κ1) is 11.9. The highest BCUT2D eigenvalue weighted by Gasteiger charge is 2.12. The highest BCUT2D eigenvalue weighted by atomic mass is 16.5. The van der Waals surface area contributed by atoms with Crippen LogP contribution in [0.5, 0.6) is 0 Å². The number of hydrogen-bond acceptors (Lipinski definition) is 4. The van der Waals surface area contributed by atoms with Crippen molar-refractivity contribution in [1.29, 1.82) is 0 Å². The van der Waals surface area contributed by atoms with Crippen LogP contribution in [-0.2, 0) is 14.3 Å². The maximum absolute atomic E-state index is 10.7. The quantitative estimate of drug-likeness (QED) is 0.479. The fourth-order valence-corrected chi connectivity index (χ4v) is 0.654. The first-order valence-corrected chi connectivity index (χ1v) is 3.74. The fraction of sp³-hybridized carbons (Fsp3) is 0.714. The Bertz CT molecular complexity index is 182. The van der Waals surface area contributed by atoms with Crippen LogP contribution in [0.25, 0.3) is 0 Å². The summed E-state index contributed by atoms with van der Waals surface area (Å²) in [6.45, 7) is 0.0544. The van der Waals surface area contributed by atoms with Gasteiger partial charge in [-0.15, -0.1) is 0 Å². The number of aliphatic hydroxyl groups is 1. The Morgan fingerprint density at radius 1 is 1.54 bits per heavy atom. The normalized spacial score (nSPS) is 12.2. The first-order valence-electron chi connectivity index (χ1n) is 3.74. The molecule has 6 nitrogen and oxygen atoms in total. The van der Waals surface area contributed by atoms with Gasteiger partial charge in [-0.25, -0.2) is 4.79 Å². The predicted molar refractivity (Wildman–Crippen MR) is 43.1 cm³/mol. The van der Waals surface area contributed by atoms with E-state index in [1.807, 2.05) is 0 Å². The number of carboxylic acid groups (broad SMARTS) is 1. The second-order valence-corrected chi connectivity index (χ2v) is 2.43. The average Bonchev–Trinajstić information content (AvgIpc) is 2.04. The van der Waals surface area contributed by atoms with Gasteiger partial charge in [-0.2, -0.15) is 0 Å². The van der Waals surface area contributed by atoms with Crippen molar-refractivity contribution in [3.05, 3.63) is 0 Å². The molecule has 0 heterocycles. The summed E-state index contributed by atoms with van der Waals surface area (Å²) < 4.78 is 4.52. The smallest absolute Gasteiger partial charge is 0.332 e. The maximum Gasteiger partial charge on any atom is 0.332 e. The van der Waals surface area contributed by atoms with Crippen molar-refractivity contribution in [1.82, 2.24) is 5.32 Å². The van der Waals surface area contributed by atoms with E-state index >= 15 is 0 Å². The van der Waals surface area contributed by atoms with E-state index in [0.29, 0.717) is 0 Å². The number of nitrogens with one attached hydrogen (secondary N) is 1. The number of rotatable bonds is 6. The van der Waals surface area contributed by atoms with Gasteiger partial charge >= 0.3 is 5.97 Å². The second-order valence-electron chi connectivity index (χ2n) is 2.43. The Balaban J connectivity index is 3.44. The van der Waals surface area contributed by atoms with Crippen molar-refractivity contribution in [2.75, 3.05) is 20.3 Å². The van der Waals surface area contributed by atoms with E-state index in [1.54, 1.807) is 0 Å². The van der Waals surface area contributed by atoms with Gasteiger partial charge in [0.1, 0.15) is 6.61 Å². The van der Waals surface area contributed by atoms with Crippen LogP contribution in [-0.4, -0.2) is 48.5 Å². The summed E-state index contributed by atoms with van der Waals surface area (Å²) in [5.41, 5.74) is 0. The number of ether oxygens (including phenoxy) is 1. The lowest BCUT2D eigenvalue weighted by Crippen LogP contribution is -2.32. The summed E-state index contributed by atoms with van der Waals surface area (Å²) >= 11 is 0. The zero-order valence-corrected chi connectivity index (χ0v) is 7.32. The molecule has 3 N–H and O–H groups in total. The highest BCUT2D eigenvalue weighted by Crippen LogP contribution is 1.88. The standard InChI is InChI=1S/C7H13NO5/c1-13-4-6(10)8-3-2-5(9)7(11)12/h5,9H,2-4H2,1H3,(H,8,10)(H,11,12). The van der Waals surface area contributed by atoms with Crippen molar-refractivity contribution in [2.24, 2.45) is 0 Å². The minimum atomic E-state index is -1.43. The van der Waals surface area contributed by atoms with Gasteiger partial charge < -0.3 is 20.3 Å². The van der Waals surface area contributed by atoms with E-state index in [1.165, 1.54) is 7.11 Å². The number of carbonyl (C=O) groups is 2. The fourth-order valence-electron chi connectivity index (χ4n) is 0.654. The lowest BCUT2D eigenvalue weighted by Gasteiger charge is -2.06. The van der Waals surface area contributed by atoms with Crippen LogP contribution in [0, 0.1) is 0 Å². The Morgan fingerprint density at radius 3 is 2.62 bits per heavy atom. The molecule has 1 amide bonds. The number of amides is 1. The largest absolute Gasteiger partial charge is 0.479 e. The van der Waals surface area contributed by atoms with Gasteiger partial charge in [0.25, 0.3) is 0 Å². The van der Waals surface area contributed by atoms with Crippen molar-refractivity contribution in [3.63, 3.8) is 0 Å². The lowest BCUT2D eigenvalue weighted by molar-refractivity contribution is -0.147. The molecule has 0 aromatic heterocycles. The molecule has 0 aliphatic carbocycles. The minimum absolute atomic E-state index is 0.00914. The molecule has 1 unspecified atom stereocenters. The molecule has 0 radical (unpaired) electrons. The molecule has 0 aliphatic rings. The summed E-state index contributed by atoms with van der Waals surface area (Å²) in [5, 5.41) is 19.4. The highest BCUT2D eigenvalue weighted by molar-refractivity contribution is 5.77. The molecule has 0 aliphatic heterocycles. The predicted octanol–water partition coefficient (Wildman–Crippen LogP) is -1.42. The van der Waals surface area contributed by atoms with Crippen LogP contribution in [0.2, 0.25) is 0 Å². The molecule has 6 heteroatoms. The second kappa shape index (κ2) is 6.38. The van der Waals surface area contributed by atoms with E-state index in [9.17, 15) is 9.59 Å². The summed E-state index contributed by atoms with van der Waals surface area (Å²) in [7, 11) is 1.38. The van der Waals surface area contributed by atoms with E-state index in [0.717, 1.165) is 0 Å². The van der Waals surface area contributed by atoms with E-state index in [-0.39, 0.29) is 25.5 Å². The van der Waals surface area contributed by atoms with Crippen LogP contribution in [0.1, 0.15) is 6.42 Å². The van der Waals surface area contributed by atoms with Gasteiger partial charge in [0.05, 0.1) is 0 Å². The van der Waals surface area contributed by atoms with Crippen LogP contribution in [0.4, 0.5) is 0 Å². The molecule has 0 rings (SSSR count). The average molecular weight is 191 g/mol. The number of carbonyl (C=O) groups excluding carboxylic acids is 1. The van der Waals surface area contributed by atoms with Gasteiger partial charge in [0.2, 0.25) is 5.91 Å². The monoisotopic (exact) mass is 191 g/mol. The van der Waals surface area contributed by atoms with Gasteiger partial charge in [0.15, 0.2) is 6.10 Å². The van der Waals surface area contributed by atoms with Crippen LogP contribution < -0.4 is 5.32 Å². The number of methoxy groups -OCH3 is 1. The molecule has 0 aromatic rings. The van der Waals surface area contributed by atoms with Crippen LogP contribution in [0.15, 0.2) is 0 Å². The van der Waals surface area contributed by atoms with Gasteiger partial charge in [-0.05, 0) is 0 Å². The summed E-state index contributed by atoms with van der Waals surface area (Å²) in [5.74, 6) is -1.62. The maximum atomic E-state index is 10.7. The SMILES string of the molecule is COCC(=O)NCCC(O)C(=O)O. The third-order valence-electron chi connectivity index (χ3n) is 1.30. The summed E-state index contributed by atoms with van der Waals surface area (Å²) in [6.07, 6.45) is -1.44. The Kier molecular flexibility index (Phi) is 5.82. The molecule has 0 saturated heterocycles. The van der Waals surface area contributed by atoms with E-state index < -0.39 is 12.1 Å². The number of carboxylic acids is 1. The summed E-state index contributed by atoms with van der Waals surface area (Å²) in [6, 6.07) is 0. The number of hydrogen-bond donors (Lipinski definition) is 3. The summed E-state index contributed by atoms with van der Waals surface area (Å²) in [4.78, 5) is 20.8. The molecule has 1 atom stereocenters. The molecular weight excluding hydrogens is 178 g/mol. The first-order chi connectivity index (χ1) is 6.07. The van der Waals surface area contributed by atoms with Crippen molar-refractivity contribution >= 4 is 11.9 Å².